The van der Waals surface area contributed by atoms with Gasteiger partial charge in [0.15, 0.2) is 0 Å². The van der Waals surface area contributed by atoms with Gasteiger partial charge in [-0.05, 0) is 30.9 Å². The summed E-state index contributed by atoms with van der Waals surface area (Å²) >= 11 is 1.34. The van der Waals surface area contributed by atoms with Gasteiger partial charge in [0.2, 0.25) is 0 Å². The van der Waals surface area contributed by atoms with Gasteiger partial charge in [-0.2, -0.15) is 0 Å². The zero-order chi connectivity index (χ0) is 16.7. The molecule has 1 aromatic heterocycles. The molecule has 128 valence electrons. The van der Waals surface area contributed by atoms with Crippen LogP contribution in [0, 0.1) is 0 Å². The van der Waals surface area contributed by atoms with E-state index in [-0.39, 0.29) is 10.9 Å². The molecule has 7 heteroatoms. The molecule has 1 fully saturated rings. The number of nitrogens with one attached hydrogen (secondary N) is 1. The Morgan fingerprint density at radius 3 is 2.79 bits per heavy atom. The lowest BCUT2D eigenvalue weighted by atomic mass is 9.90. The number of rotatable bonds is 3. The number of para-hydroxylation sites is 1. The van der Waals surface area contributed by atoms with Crippen molar-refractivity contribution in [3.63, 3.8) is 0 Å². The number of nitrogens with zero attached hydrogens (tertiary/aromatic N) is 2. The number of aromatic nitrogens is 1. The van der Waals surface area contributed by atoms with Crippen LogP contribution in [-0.4, -0.2) is 46.3 Å². The molecule has 1 amide bonds. The summed E-state index contributed by atoms with van der Waals surface area (Å²) < 4.78 is 3.01. The fourth-order valence-electron chi connectivity index (χ4n) is 4.06. The Balaban J connectivity index is 1.48. The number of carboxylic acid groups (broad SMARTS) is 1. The highest BCUT2D eigenvalue weighted by Gasteiger charge is 2.27. The van der Waals surface area contributed by atoms with Gasteiger partial charge in [0.25, 0.3) is 0 Å². The first kappa shape index (κ1) is 15.7. The summed E-state index contributed by atoms with van der Waals surface area (Å²) in [7, 11) is 0. The number of carbonyl (C=O) groups is 1. The Bertz CT molecular complexity index is 820. The van der Waals surface area contributed by atoms with E-state index < -0.39 is 6.09 Å². The standard InChI is InChI=1S/C17H21N3O3S/c21-16(22)18-12-5-7-19(8-6-12)10-11-4-9-20-15-13(11)2-1-3-14(15)24-17(20)23/h1-3,11-12,18H,4-10H2,(H,21,22). The fraction of sp³-hybridized carbons (Fsp3) is 0.529. The lowest BCUT2D eigenvalue weighted by Crippen LogP contribution is -2.45. The fourth-order valence-corrected chi connectivity index (χ4v) is 5.01. The van der Waals surface area contributed by atoms with Crippen LogP contribution in [0.1, 0.15) is 30.7 Å². The highest BCUT2D eigenvalue weighted by Crippen LogP contribution is 2.34. The third kappa shape index (κ3) is 2.82. The number of benzene rings is 1. The van der Waals surface area contributed by atoms with E-state index in [4.69, 9.17) is 5.11 Å². The zero-order valence-electron chi connectivity index (χ0n) is 13.4. The summed E-state index contributed by atoms with van der Waals surface area (Å²) in [6, 6.07) is 6.33. The normalized spacial score (nSPS) is 21.9. The molecule has 0 bridgehead atoms. The van der Waals surface area contributed by atoms with Gasteiger partial charge in [0, 0.05) is 38.1 Å². The van der Waals surface area contributed by atoms with E-state index in [0.717, 1.165) is 55.7 Å². The number of hydrogen-bond donors (Lipinski definition) is 2. The van der Waals surface area contributed by atoms with Crippen molar-refractivity contribution in [2.24, 2.45) is 0 Å². The number of aryl methyl sites for hydroxylation is 1. The van der Waals surface area contributed by atoms with Gasteiger partial charge < -0.3 is 15.3 Å². The minimum Gasteiger partial charge on any atom is -0.465 e. The third-order valence-electron chi connectivity index (χ3n) is 5.25. The first-order valence-electron chi connectivity index (χ1n) is 8.46. The number of piperidine rings is 1. The molecule has 1 atom stereocenters. The van der Waals surface area contributed by atoms with Crippen LogP contribution in [0.4, 0.5) is 4.79 Å². The monoisotopic (exact) mass is 347 g/mol. The molecular formula is C17H21N3O3S. The van der Waals surface area contributed by atoms with E-state index in [0.29, 0.717) is 5.92 Å². The van der Waals surface area contributed by atoms with E-state index in [1.807, 2.05) is 10.6 Å². The number of hydrogen-bond acceptors (Lipinski definition) is 4. The number of thiazole rings is 1. The molecule has 3 heterocycles. The maximum absolute atomic E-state index is 12.1. The molecule has 0 spiro atoms. The second kappa shape index (κ2) is 6.22. The first-order chi connectivity index (χ1) is 11.6. The van der Waals surface area contributed by atoms with Crippen LogP contribution < -0.4 is 10.2 Å². The zero-order valence-corrected chi connectivity index (χ0v) is 14.2. The van der Waals surface area contributed by atoms with Gasteiger partial charge in [-0.3, -0.25) is 9.36 Å². The molecule has 1 unspecified atom stereocenters. The molecule has 24 heavy (non-hydrogen) atoms. The number of amides is 1. The SMILES string of the molecule is O=C(O)NC1CCN(CC2CCn3c(=O)sc4cccc2c43)CC1. The summed E-state index contributed by atoms with van der Waals surface area (Å²) in [5.41, 5.74) is 2.43. The van der Waals surface area contributed by atoms with Crippen molar-refractivity contribution < 1.29 is 9.90 Å². The van der Waals surface area contributed by atoms with Crippen molar-refractivity contribution in [1.82, 2.24) is 14.8 Å². The topological polar surface area (TPSA) is 74.6 Å². The van der Waals surface area contributed by atoms with Crippen LogP contribution in [0.5, 0.6) is 0 Å². The quantitative estimate of drug-likeness (QED) is 0.893. The highest BCUT2D eigenvalue weighted by molar-refractivity contribution is 7.16. The molecule has 1 saturated heterocycles. The Hall–Kier alpha value is -1.86. The van der Waals surface area contributed by atoms with Gasteiger partial charge in [-0.25, -0.2) is 4.79 Å². The largest absolute Gasteiger partial charge is 0.465 e. The summed E-state index contributed by atoms with van der Waals surface area (Å²) in [5, 5.41) is 11.4. The predicted molar refractivity (Wildman–Crippen MR) is 94.1 cm³/mol. The van der Waals surface area contributed by atoms with E-state index in [2.05, 4.69) is 22.3 Å². The summed E-state index contributed by atoms with van der Waals surface area (Å²) in [5.74, 6) is 0.451. The van der Waals surface area contributed by atoms with E-state index in [9.17, 15) is 9.59 Å². The Morgan fingerprint density at radius 1 is 1.25 bits per heavy atom. The molecule has 2 aliphatic heterocycles. The van der Waals surface area contributed by atoms with Crippen molar-refractivity contribution >= 4 is 27.6 Å². The summed E-state index contributed by atoms with van der Waals surface area (Å²) in [4.78, 5) is 25.4. The average molecular weight is 347 g/mol. The Labute approximate surface area is 143 Å². The van der Waals surface area contributed by atoms with Gasteiger partial charge in [0.05, 0.1) is 10.2 Å². The second-order valence-electron chi connectivity index (χ2n) is 6.72. The Morgan fingerprint density at radius 2 is 2.04 bits per heavy atom. The van der Waals surface area contributed by atoms with Crippen molar-refractivity contribution in [2.45, 2.75) is 37.8 Å². The van der Waals surface area contributed by atoms with E-state index in [1.165, 1.54) is 16.9 Å². The van der Waals surface area contributed by atoms with Gasteiger partial charge in [-0.15, -0.1) is 0 Å². The molecule has 0 saturated carbocycles. The minimum atomic E-state index is -0.928. The molecule has 0 aliphatic carbocycles. The van der Waals surface area contributed by atoms with Crippen molar-refractivity contribution in [2.75, 3.05) is 19.6 Å². The molecule has 1 aromatic carbocycles. The minimum absolute atomic E-state index is 0.0793. The maximum Gasteiger partial charge on any atom is 0.404 e. The van der Waals surface area contributed by atoms with Crippen molar-refractivity contribution in [3.05, 3.63) is 33.4 Å². The smallest absolute Gasteiger partial charge is 0.404 e. The lowest BCUT2D eigenvalue weighted by Gasteiger charge is -2.35. The van der Waals surface area contributed by atoms with Gasteiger partial charge in [-0.1, -0.05) is 23.5 Å². The molecule has 4 rings (SSSR count). The van der Waals surface area contributed by atoms with Crippen LogP contribution in [0.25, 0.3) is 10.2 Å². The summed E-state index contributed by atoms with van der Waals surface area (Å²) in [6.07, 6.45) is 1.80. The highest BCUT2D eigenvalue weighted by atomic mass is 32.1. The van der Waals surface area contributed by atoms with Crippen LogP contribution in [0.2, 0.25) is 0 Å². The number of likely N-dealkylation sites (tertiary alicyclic amines) is 1. The van der Waals surface area contributed by atoms with Gasteiger partial charge >= 0.3 is 11.0 Å². The second-order valence-corrected chi connectivity index (χ2v) is 7.72. The predicted octanol–water partition coefficient (Wildman–Crippen LogP) is 2.28. The molecule has 6 nitrogen and oxygen atoms in total. The van der Waals surface area contributed by atoms with Crippen LogP contribution in [0.3, 0.4) is 0 Å². The molecule has 2 N–H and O–H groups in total. The lowest BCUT2D eigenvalue weighted by molar-refractivity contribution is 0.162. The molecule has 2 aliphatic rings. The average Bonchev–Trinajstić information content (AvgIpc) is 2.89. The van der Waals surface area contributed by atoms with Crippen molar-refractivity contribution in [1.29, 1.82) is 0 Å². The van der Waals surface area contributed by atoms with E-state index >= 15 is 0 Å². The molecule has 2 aromatic rings. The summed E-state index contributed by atoms with van der Waals surface area (Å²) in [6.45, 7) is 3.64. The van der Waals surface area contributed by atoms with Gasteiger partial charge in [0.1, 0.15) is 0 Å². The van der Waals surface area contributed by atoms with Crippen LogP contribution >= 0.6 is 11.3 Å². The van der Waals surface area contributed by atoms with E-state index in [1.54, 1.807) is 0 Å². The third-order valence-corrected chi connectivity index (χ3v) is 6.20. The Kier molecular flexibility index (Phi) is 4.05. The van der Waals surface area contributed by atoms with Crippen molar-refractivity contribution in [3.8, 4) is 0 Å². The first-order valence-corrected chi connectivity index (χ1v) is 9.27. The molecule has 0 radical (unpaired) electrons. The van der Waals surface area contributed by atoms with Crippen LogP contribution in [0.15, 0.2) is 23.0 Å². The van der Waals surface area contributed by atoms with Crippen LogP contribution in [-0.2, 0) is 6.54 Å². The molecular weight excluding hydrogens is 326 g/mol. The maximum atomic E-state index is 12.1.